The van der Waals surface area contributed by atoms with Crippen LogP contribution in [0, 0.1) is 0 Å². The molecule has 5 heteroatoms. The molecule has 8 rings (SSSR count). The van der Waals surface area contributed by atoms with E-state index < -0.39 is 0 Å². The topological polar surface area (TPSA) is 43.6 Å². The van der Waals surface area contributed by atoms with Gasteiger partial charge in [0.25, 0.3) is 0 Å². The molecule has 2 aromatic heterocycles. The molecule has 6 aromatic carbocycles. The highest BCUT2D eigenvalue weighted by atomic mass is 35.5. The van der Waals surface area contributed by atoms with Crippen molar-refractivity contribution in [3.05, 3.63) is 157 Å². The fraction of sp³-hybridized carbons (Fsp3) is 0. The second-order valence-electron chi connectivity index (χ2n) is 10.7. The molecule has 4 nitrogen and oxygen atoms in total. The third-order valence-corrected chi connectivity index (χ3v) is 8.16. The van der Waals surface area contributed by atoms with Crippen LogP contribution in [0.3, 0.4) is 0 Å². The normalized spacial score (nSPS) is 11.3. The summed E-state index contributed by atoms with van der Waals surface area (Å²) in [5.74, 6) is 1.77. The van der Waals surface area contributed by atoms with Crippen LogP contribution in [0.1, 0.15) is 0 Å². The van der Waals surface area contributed by atoms with Gasteiger partial charge in [-0.2, -0.15) is 0 Å². The van der Waals surface area contributed by atoms with Crippen LogP contribution in [0.25, 0.3) is 72.8 Å². The Hall–Kier alpha value is -5.58. The van der Waals surface area contributed by atoms with E-state index in [4.69, 9.17) is 26.6 Å². The van der Waals surface area contributed by atoms with Crippen molar-refractivity contribution >= 4 is 33.4 Å². The predicted octanol–water partition coefficient (Wildman–Crippen LogP) is 10.3. The van der Waals surface area contributed by atoms with Crippen LogP contribution in [0.15, 0.2) is 152 Å². The number of benzene rings is 6. The minimum Gasteiger partial charge on any atom is -0.308 e. The number of aromatic nitrogens is 4. The Morgan fingerprint density at radius 1 is 0.409 bits per heavy atom. The van der Waals surface area contributed by atoms with E-state index in [0.717, 1.165) is 39.0 Å². The smallest absolute Gasteiger partial charge is 0.166 e. The van der Waals surface area contributed by atoms with Gasteiger partial charge in [-0.1, -0.05) is 133 Å². The maximum absolute atomic E-state index is 6.70. The Morgan fingerprint density at radius 3 is 1.61 bits per heavy atom. The van der Waals surface area contributed by atoms with Gasteiger partial charge in [-0.05, 0) is 41.5 Å². The van der Waals surface area contributed by atoms with Crippen molar-refractivity contribution in [3.8, 4) is 51.0 Å². The highest BCUT2D eigenvalue weighted by molar-refractivity contribution is 6.31. The van der Waals surface area contributed by atoms with E-state index in [1.807, 2.05) is 78.9 Å². The second kappa shape index (κ2) is 10.9. The molecule has 8 aromatic rings. The minimum absolute atomic E-state index is 0.556. The summed E-state index contributed by atoms with van der Waals surface area (Å²) in [4.78, 5) is 15.0. The summed E-state index contributed by atoms with van der Waals surface area (Å²) in [6.45, 7) is 0. The summed E-state index contributed by atoms with van der Waals surface area (Å²) >= 11 is 6.70. The van der Waals surface area contributed by atoms with E-state index in [0.29, 0.717) is 22.5 Å². The van der Waals surface area contributed by atoms with Gasteiger partial charge >= 0.3 is 0 Å². The Kier molecular flexibility index (Phi) is 6.47. The summed E-state index contributed by atoms with van der Waals surface area (Å²) in [5.41, 5.74) is 8.10. The van der Waals surface area contributed by atoms with Crippen molar-refractivity contribution in [2.75, 3.05) is 0 Å². The second-order valence-corrected chi connectivity index (χ2v) is 11.1. The lowest BCUT2D eigenvalue weighted by molar-refractivity contribution is 1.06. The molecule has 0 bridgehead atoms. The van der Waals surface area contributed by atoms with E-state index in [1.165, 1.54) is 16.3 Å². The molecule has 0 fully saturated rings. The maximum Gasteiger partial charge on any atom is 0.166 e. The Morgan fingerprint density at radius 2 is 0.955 bits per heavy atom. The molecule has 0 aliphatic rings. The molecular formula is C39H25ClN4. The van der Waals surface area contributed by atoms with E-state index in [2.05, 4.69) is 77.4 Å². The first kappa shape index (κ1) is 26.1. The summed E-state index contributed by atoms with van der Waals surface area (Å²) in [6.07, 6.45) is 0. The average molecular weight is 585 g/mol. The molecule has 0 aliphatic carbocycles. The average Bonchev–Trinajstić information content (AvgIpc) is 3.43. The molecule has 0 unspecified atom stereocenters. The van der Waals surface area contributed by atoms with Crippen LogP contribution in [0.5, 0.6) is 0 Å². The van der Waals surface area contributed by atoms with Crippen LogP contribution < -0.4 is 0 Å². The molecule has 0 saturated heterocycles. The maximum atomic E-state index is 6.70. The van der Waals surface area contributed by atoms with Crippen LogP contribution in [0.2, 0.25) is 5.02 Å². The molecule has 0 N–H and O–H groups in total. The summed E-state index contributed by atoms with van der Waals surface area (Å²) in [6, 6.07) is 51.6. The van der Waals surface area contributed by atoms with Gasteiger partial charge in [0.2, 0.25) is 0 Å². The van der Waals surface area contributed by atoms with Crippen LogP contribution in [-0.2, 0) is 0 Å². The van der Waals surface area contributed by atoms with Gasteiger partial charge in [0.1, 0.15) is 0 Å². The zero-order valence-corrected chi connectivity index (χ0v) is 24.4. The number of hydrogen-bond donors (Lipinski definition) is 0. The molecule has 44 heavy (non-hydrogen) atoms. The molecule has 0 radical (unpaired) electrons. The standard InChI is InChI=1S/C39H25ClN4/c40-30-21-23-35(44-34-19-11-10-18-31(34)32-22-20-29(24-36(32)44)26-12-4-1-5-13-26)33(25-30)39-42-37(27-14-6-2-7-15-27)41-38(43-39)28-16-8-3-9-17-28/h1-25H. The van der Waals surface area contributed by atoms with Gasteiger partial charge in [0.15, 0.2) is 17.5 Å². The lowest BCUT2D eigenvalue weighted by Crippen LogP contribution is -2.03. The fourth-order valence-electron chi connectivity index (χ4n) is 5.85. The molecule has 0 spiro atoms. The van der Waals surface area contributed by atoms with Gasteiger partial charge in [0.05, 0.1) is 16.7 Å². The van der Waals surface area contributed by atoms with Gasteiger partial charge in [0, 0.05) is 32.5 Å². The van der Waals surface area contributed by atoms with Crippen molar-refractivity contribution in [2.45, 2.75) is 0 Å². The Balaban J connectivity index is 1.42. The van der Waals surface area contributed by atoms with Gasteiger partial charge in [-0.15, -0.1) is 0 Å². The van der Waals surface area contributed by atoms with Gasteiger partial charge in [-0.25, -0.2) is 15.0 Å². The molecule has 0 saturated carbocycles. The quantitative estimate of drug-likeness (QED) is 0.202. The van der Waals surface area contributed by atoms with Crippen LogP contribution in [0.4, 0.5) is 0 Å². The zero-order valence-electron chi connectivity index (χ0n) is 23.6. The first-order valence-corrected chi connectivity index (χ1v) is 14.9. The molecule has 0 amide bonds. The SMILES string of the molecule is Clc1ccc(-n2c3ccccc3c3ccc(-c4ccccc4)cc32)c(-c2nc(-c3ccccc3)nc(-c3ccccc3)n2)c1. The monoisotopic (exact) mass is 584 g/mol. The molecule has 0 atom stereocenters. The van der Waals surface area contributed by atoms with Crippen molar-refractivity contribution in [2.24, 2.45) is 0 Å². The number of nitrogens with zero attached hydrogens (tertiary/aromatic N) is 4. The van der Waals surface area contributed by atoms with E-state index in [-0.39, 0.29) is 0 Å². The summed E-state index contributed by atoms with van der Waals surface area (Å²) < 4.78 is 2.30. The van der Waals surface area contributed by atoms with E-state index >= 15 is 0 Å². The molecule has 2 heterocycles. The third-order valence-electron chi connectivity index (χ3n) is 7.92. The van der Waals surface area contributed by atoms with Crippen LogP contribution >= 0.6 is 11.6 Å². The first-order valence-electron chi connectivity index (χ1n) is 14.5. The largest absolute Gasteiger partial charge is 0.308 e. The molecule has 0 aliphatic heterocycles. The first-order chi connectivity index (χ1) is 21.7. The lowest BCUT2D eigenvalue weighted by Gasteiger charge is -2.15. The van der Waals surface area contributed by atoms with Crippen molar-refractivity contribution in [3.63, 3.8) is 0 Å². The highest BCUT2D eigenvalue weighted by Gasteiger charge is 2.20. The van der Waals surface area contributed by atoms with Crippen LogP contribution in [-0.4, -0.2) is 19.5 Å². The fourth-order valence-corrected chi connectivity index (χ4v) is 6.02. The number of rotatable bonds is 5. The number of hydrogen-bond acceptors (Lipinski definition) is 3. The molecular weight excluding hydrogens is 560 g/mol. The van der Waals surface area contributed by atoms with E-state index in [1.54, 1.807) is 0 Å². The predicted molar refractivity (Wildman–Crippen MR) is 181 cm³/mol. The van der Waals surface area contributed by atoms with E-state index in [9.17, 15) is 0 Å². The zero-order chi connectivity index (χ0) is 29.5. The number of halogens is 1. The van der Waals surface area contributed by atoms with Crippen molar-refractivity contribution in [1.82, 2.24) is 19.5 Å². The van der Waals surface area contributed by atoms with Crippen molar-refractivity contribution in [1.29, 1.82) is 0 Å². The molecule has 208 valence electrons. The summed E-state index contributed by atoms with van der Waals surface area (Å²) in [7, 11) is 0. The lowest BCUT2D eigenvalue weighted by atomic mass is 10.0. The Bertz CT molecular complexity index is 2220. The third kappa shape index (κ3) is 4.62. The summed E-state index contributed by atoms with van der Waals surface area (Å²) in [5, 5.41) is 2.96. The highest BCUT2D eigenvalue weighted by Crippen LogP contribution is 2.38. The number of para-hydroxylation sites is 1. The number of fused-ring (bicyclic) bond motifs is 3. The Labute approximate surface area is 259 Å². The van der Waals surface area contributed by atoms with Gasteiger partial charge in [-0.3, -0.25) is 0 Å². The van der Waals surface area contributed by atoms with Gasteiger partial charge < -0.3 is 4.57 Å². The van der Waals surface area contributed by atoms with Crippen molar-refractivity contribution < 1.29 is 0 Å². The minimum atomic E-state index is 0.556.